The fourth-order valence-electron chi connectivity index (χ4n) is 2.78. The van der Waals surface area contributed by atoms with Crippen LogP contribution in [-0.4, -0.2) is 35.2 Å². The molecule has 1 atom stereocenters. The summed E-state index contributed by atoms with van der Waals surface area (Å²) < 4.78 is 5.10. The van der Waals surface area contributed by atoms with Gasteiger partial charge in [-0.1, -0.05) is 25.1 Å². The van der Waals surface area contributed by atoms with Crippen molar-refractivity contribution >= 4 is 35.0 Å². The standard InChI is InChI=1S/C19H18N2O5S/c1-13-9-10-20(16-7-2-3-8-17(16)27-13)18(22)12-26-19(23)14-5-4-6-15(11-14)21(24)25/h2-8,11,13H,9-10,12H2,1H3/t13-/m1/s1. The summed E-state index contributed by atoms with van der Waals surface area (Å²) in [6.45, 7) is 2.23. The van der Waals surface area contributed by atoms with E-state index < -0.39 is 17.5 Å². The van der Waals surface area contributed by atoms with E-state index in [0.717, 1.165) is 23.1 Å². The number of amides is 1. The van der Waals surface area contributed by atoms with Crippen LogP contribution in [0.3, 0.4) is 0 Å². The Bertz CT molecular complexity index is 886. The Hall–Kier alpha value is -2.87. The topological polar surface area (TPSA) is 89.8 Å². The van der Waals surface area contributed by atoms with Crippen LogP contribution < -0.4 is 4.90 Å². The number of carbonyl (C=O) groups excluding carboxylic acids is 2. The highest BCUT2D eigenvalue weighted by Gasteiger charge is 2.25. The summed E-state index contributed by atoms with van der Waals surface area (Å²) in [7, 11) is 0. The van der Waals surface area contributed by atoms with Crippen LogP contribution >= 0.6 is 11.8 Å². The van der Waals surface area contributed by atoms with Gasteiger partial charge in [-0.15, -0.1) is 11.8 Å². The second-order valence-electron chi connectivity index (χ2n) is 6.11. The Morgan fingerprint density at radius 2 is 2.04 bits per heavy atom. The van der Waals surface area contributed by atoms with Crippen molar-refractivity contribution in [3.63, 3.8) is 0 Å². The number of para-hydroxylation sites is 1. The van der Waals surface area contributed by atoms with Crippen LogP contribution in [0.15, 0.2) is 53.4 Å². The molecule has 0 aromatic heterocycles. The zero-order valence-corrected chi connectivity index (χ0v) is 15.5. The Morgan fingerprint density at radius 1 is 1.26 bits per heavy atom. The number of carbonyl (C=O) groups is 2. The monoisotopic (exact) mass is 386 g/mol. The van der Waals surface area contributed by atoms with E-state index in [1.807, 2.05) is 24.3 Å². The van der Waals surface area contributed by atoms with Crippen LogP contribution in [0.5, 0.6) is 0 Å². The molecular formula is C19H18N2O5S. The van der Waals surface area contributed by atoms with E-state index in [1.165, 1.54) is 18.2 Å². The normalized spacial score (nSPS) is 16.2. The van der Waals surface area contributed by atoms with E-state index in [0.29, 0.717) is 11.8 Å². The number of nitro groups is 1. The van der Waals surface area contributed by atoms with Gasteiger partial charge in [0.05, 0.1) is 16.2 Å². The van der Waals surface area contributed by atoms with E-state index in [4.69, 9.17) is 4.74 Å². The largest absolute Gasteiger partial charge is 0.452 e. The van der Waals surface area contributed by atoms with Crippen molar-refractivity contribution in [3.05, 3.63) is 64.2 Å². The quantitative estimate of drug-likeness (QED) is 0.452. The van der Waals surface area contributed by atoms with Gasteiger partial charge < -0.3 is 9.64 Å². The van der Waals surface area contributed by atoms with Crippen LogP contribution in [0.1, 0.15) is 23.7 Å². The number of thioether (sulfide) groups is 1. The summed E-state index contributed by atoms with van der Waals surface area (Å²) in [5, 5.41) is 11.2. The fourth-order valence-corrected chi connectivity index (χ4v) is 3.89. The first-order valence-electron chi connectivity index (χ1n) is 8.43. The van der Waals surface area contributed by atoms with E-state index in [1.54, 1.807) is 16.7 Å². The molecule has 0 bridgehead atoms. The second-order valence-corrected chi connectivity index (χ2v) is 7.59. The molecule has 1 aliphatic rings. The third-order valence-electron chi connectivity index (χ3n) is 4.16. The first-order chi connectivity index (χ1) is 13.0. The number of ether oxygens (including phenoxy) is 1. The van der Waals surface area contributed by atoms with Crippen LogP contribution in [0.2, 0.25) is 0 Å². The van der Waals surface area contributed by atoms with Gasteiger partial charge in [-0.2, -0.15) is 0 Å². The SMILES string of the molecule is C[C@@H]1CCN(C(=O)COC(=O)c2cccc([N+](=O)[O-])c2)c2ccccc2S1. The molecule has 1 heterocycles. The molecule has 0 saturated heterocycles. The van der Waals surface area contributed by atoms with Crippen molar-refractivity contribution in [1.82, 2.24) is 0 Å². The molecule has 0 unspecified atom stereocenters. The number of fused-ring (bicyclic) bond motifs is 1. The zero-order chi connectivity index (χ0) is 19.4. The van der Waals surface area contributed by atoms with Crippen molar-refractivity contribution < 1.29 is 19.2 Å². The number of anilines is 1. The number of non-ortho nitro benzene ring substituents is 1. The highest BCUT2D eigenvalue weighted by atomic mass is 32.2. The maximum absolute atomic E-state index is 12.7. The Morgan fingerprint density at radius 3 is 2.81 bits per heavy atom. The highest BCUT2D eigenvalue weighted by Crippen LogP contribution is 2.37. The van der Waals surface area contributed by atoms with Gasteiger partial charge in [0.15, 0.2) is 6.61 Å². The number of benzene rings is 2. The van der Waals surface area contributed by atoms with Crippen molar-refractivity contribution in [2.75, 3.05) is 18.1 Å². The van der Waals surface area contributed by atoms with Gasteiger partial charge in [-0.05, 0) is 24.6 Å². The zero-order valence-electron chi connectivity index (χ0n) is 14.7. The van der Waals surface area contributed by atoms with E-state index in [-0.39, 0.29) is 17.2 Å². The molecule has 0 fully saturated rings. The molecule has 0 saturated carbocycles. The third-order valence-corrected chi connectivity index (χ3v) is 5.40. The summed E-state index contributed by atoms with van der Waals surface area (Å²) in [5.41, 5.74) is 0.643. The minimum atomic E-state index is -0.766. The fraction of sp³-hybridized carbons (Fsp3) is 0.263. The summed E-state index contributed by atoms with van der Waals surface area (Å²) >= 11 is 1.71. The van der Waals surface area contributed by atoms with Crippen LogP contribution in [0.25, 0.3) is 0 Å². The van der Waals surface area contributed by atoms with Crippen molar-refractivity contribution in [1.29, 1.82) is 0 Å². The van der Waals surface area contributed by atoms with Crippen LogP contribution in [0.4, 0.5) is 11.4 Å². The van der Waals surface area contributed by atoms with Gasteiger partial charge in [0.25, 0.3) is 11.6 Å². The smallest absolute Gasteiger partial charge is 0.338 e. The average Bonchev–Trinajstić information content (AvgIpc) is 2.84. The van der Waals surface area contributed by atoms with E-state index in [2.05, 4.69) is 6.92 Å². The third kappa shape index (κ3) is 4.46. The van der Waals surface area contributed by atoms with Crippen molar-refractivity contribution in [2.45, 2.75) is 23.5 Å². The van der Waals surface area contributed by atoms with Gasteiger partial charge >= 0.3 is 5.97 Å². The molecular weight excluding hydrogens is 368 g/mol. The Labute approximate surface area is 160 Å². The van der Waals surface area contributed by atoms with Gasteiger partial charge in [-0.25, -0.2) is 4.79 Å². The second kappa shape index (κ2) is 8.22. The molecule has 1 amide bonds. The van der Waals surface area contributed by atoms with Crippen LogP contribution in [0, 0.1) is 10.1 Å². The summed E-state index contributed by atoms with van der Waals surface area (Å²) in [5.74, 6) is -1.09. The molecule has 0 spiro atoms. The number of esters is 1. The summed E-state index contributed by atoms with van der Waals surface area (Å²) in [6, 6.07) is 12.9. The number of hydrogen-bond acceptors (Lipinski definition) is 6. The maximum atomic E-state index is 12.7. The molecule has 1 aliphatic heterocycles. The molecule has 8 heteroatoms. The predicted octanol–water partition coefficient (Wildman–Crippen LogP) is 3.67. The number of rotatable bonds is 4. The number of hydrogen-bond donors (Lipinski definition) is 0. The van der Waals surface area contributed by atoms with Gasteiger partial charge in [0, 0.05) is 28.8 Å². The lowest BCUT2D eigenvalue weighted by atomic mass is 10.2. The molecule has 0 radical (unpaired) electrons. The summed E-state index contributed by atoms with van der Waals surface area (Å²) in [4.78, 5) is 37.7. The van der Waals surface area contributed by atoms with E-state index >= 15 is 0 Å². The highest BCUT2D eigenvalue weighted by molar-refractivity contribution is 8.00. The van der Waals surface area contributed by atoms with Crippen molar-refractivity contribution in [3.8, 4) is 0 Å². The summed E-state index contributed by atoms with van der Waals surface area (Å²) in [6.07, 6.45) is 0.823. The maximum Gasteiger partial charge on any atom is 0.338 e. The van der Waals surface area contributed by atoms with Gasteiger partial charge in [0.1, 0.15) is 0 Å². The Balaban J connectivity index is 1.70. The number of nitrogens with zero attached hydrogens (tertiary/aromatic N) is 2. The molecule has 0 N–H and O–H groups in total. The lowest BCUT2D eigenvalue weighted by Gasteiger charge is -2.22. The molecule has 3 rings (SSSR count). The molecule has 27 heavy (non-hydrogen) atoms. The predicted molar refractivity (Wildman–Crippen MR) is 102 cm³/mol. The average molecular weight is 386 g/mol. The van der Waals surface area contributed by atoms with Crippen molar-refractivity contribution in [2.24, 2.45) is 0 Å². The molecule has 140 valence electrons. The Kier molecular flexibility index (Phi) is 5.75. The molecule has 2 aromatic carbocycles. The number of nitro benzene ring substituents is 1. The minimum absolute atomic E-state index is 0.0393. The lowest BCUT2D eigenvalue weighted by Crippen LogP contribution is -2.35. The van der Waals surface area contributed by atoms with Gasteiger partial charge in [-0.3, -0.25) is 14.9 Å². The first kappa shape index (κ1) is 18.9. The molecule has 2 aromatic rings. The minimum Gasteiger partial charge on any atom is -0.452 e. The molecule has 7 nitrogen and oxygen atoms in total. The lowest BCUT2D eigenvalue weighted by molar-refractivity contribution is -0.384. The first-order valence-corrected chi connectivity index (χ1v) is 9.31. The van der Waals surface area contributed by atoms with Gasteiger partial charge in [0.2, 0.25) is 0 Å². The van der Waals surface area contributed by atoms with Crippen LogP contribution in [-0.2, 0) is 9.53 Å². The van der Waals surface area contributed by atoms with E-state index in [9.17, 15) is 19.7 Å². The molecule has 0 aliphatic carbocycles.